The fourth-order valence-electron chi connectivity index (χ4n) is 7.25. The normalized spacial score (nSPS) is 11.1. The average molecular weight is 802 g/mol. The monoisotopic (exact) mass is 800 g/mol. The zero-order valence-electron chi connectivity index (χ0n) is 28.9. The van der Waals surface area contributed by atoms with Crippen molar-refractivity contribution in [2.24, 2.45) is 0 Å². The van der Waals surface area contributed by atoms with E-state index in [1.165, 1.54) is 75.8 Å². The highest BCUT2D eigenvalue weighted by Gasteiger charge is 2.12. The predicted molar refractivity (Wildman–Crippen MR) is 237 cm³/mol. The van der Waals surface area contributed by atoms with Gasteiger partial charge in [-0.3, -0.25) is 0 Å². The standard InChI is InChI=1S/C24H15Cl.C18H10BrCl.C6H7BO2/c25-19-12-13-20-17(14-19)10-11-18-15-23(16-6-2-1-3-7-16)21-8-4-5-9-22(21)24(18)20;19-17-10-12-6-5-11-9-13(20)7-8-14(11)18(12)16-4-2-1-3-15(16)17;8-7(9)6-4-2-1-3-5-6/h1-15H;1-10H;1-5,8-9H. The molecule has 0 atom stereocenters. The van der Waals surface area contributed by atoms with Gasteiger partial charge in [-0.2, -0.15) is 0 Å². The van der Waals surface area contributed by atoms with Crippen LogP contribution < -0.4 is 5.46 Å². The van der Waals surface area contributed by atoms with Crippen LogP contribution in [0.4, 0.5) is 0 Å². The van der Waals surface area contributed by atoms with Crippen LogP contribution in [-0.4, -0.2) is 17.2 Å². The molecule has 54 heavy (non-hydrogen) atoms. The summed E-state index contributed by atoms with van der Waals surface area (Å²) in [5.41, 5.74) is 3.05. The number of rotatable bonds is 2. The van der Waals surface area contributed by atoms with Crippen LogP contribution in [0.15, 0.2) is 186 Å². The quantitative estimate of drug-likeness (QED) is 0.135. The van der Waals surface area contributed by atoms with E-state index in [1.54, 1.807) is 24.3 Å². The molecule has 0 heterocycles. The first kappa shape index (κ1) is 35.8. The van der Waals surface area contributed by atoms with Crippen molar-refractivity contribution >= 4 is 116 Å². The summed E-state index contributed by atoms with van der Waals surface area (Å²) in [6, 6.07) is 61.8. The molecule has 0 spiro atoms. The third-order valence-electron chi connectivity index (χ3n) is 9.73. The molecule has 0 fully saturated rings. The van der Waals surface area contributed by atoms with Crippen LogP contribution in [0.25, 0.3) is 75.8 Å². The van der Waals surface area contributed by atoms with Crippen LogP contribution in [0.5, 0.6) is 0 Å². The predicted octanol–water partition coefficient (Wildman–Crippen LogP) is 13.4. The van der Waals surface area contributed by atoms with Crippen molar-refractivity contribution < 1.29 is 10.0 Å². The Morgan fingerprint density at radius 1 is 0.389 bits per heavy atom. The maximum Gasteiger partial charge on any atom is 0.488 e. The Bertz CT molecular complexity index is 2950. The molecule has 0 saturated carbocycles. The summed E-state index contributed by atoms with van der Waals surface area (Å²) >= 11 is 16.0. The van der Waals surface area contributed by atoms with Gasteiger partial charge in [0, 0.05) is 14.5 Å². The molecule has 0 amide bonds. The molecule has 0 saturated heterocycles. The Kier molecular flexibility index (Phi) is 10.4. The lowest BCUT2D eigenvalue weighted by atomic mass is 9.81. The highest BCUT2D eigenvalue weighted by Crippen LogP contribution is 2.39. The van der Waals surface area contributed by atoms with Gasteiger partial charge in [0.05, 0.1) is 0 Å². The molecule has 0 aliphatic heterocycles. The average Bonchev–Trinajstić information content (AvgIpc) is 3.21. The van der Waals surface area contributed by atoms with Crippen molar-refractivity contribution in [1.82, 2.24) is 0 Å². The second-order valence-corrected chi connectivity index (χ2v) is 14.8. The first-order valence-corrected chi connectivity index (χ1v) is 19.1. The molecule has 0 unspecified atom stereocenters. The molecule has 10 rings (SSSR count). The van der Waals surface area contributed by atoms with E-state index >= 15 is 0 Å². The first-order chi connectivity index (χ1) is 26.4. The first-order valence-electron chi connectivity index (χ1n) is 17.6. The Morgan fingerprint density at radius 3 is 1.37 bits per heavy atom. The van der Waals surface area contributed by atoms with Crippen LogP contribution >= 0.6 is 39.1 Å². The van der Waals surface area contributed by atoms with Gasteiger partial charge < -0.3 is 10.0 Å². The third-order valence-corrected chi connectivity index (χ3v) is 10.9. The summed E-state index contributed by atoms with van der Waals surface area (Å²) in [5.74, 6) is 0. The molecular formula is C48H32BBrCl2O2. The van der Waals surface area contributed by atoms with Gasteiger partial charge in [-0.15, -0.1) is 0 Å². The van der Waals surface area contributed by atoms with E-state index < -0.39 is 7.12 Å². The number of halogens is 3. The molecule has 0 aliphatic carbocycles. The fourth-order valence-corrected chi connectivity index (χ4v) is 8.20. The number of hydrogen-bond acceptors (Lipinski definition) is 2. The number of fused-ring (bicyclic) bond motifs is 10. The number of hydrogen-bond donors (Lipinski definition) is 2. The lowest BCUT2D eigenvalue weighted by Crippen LogP contribution is -2.29. The van der Waals surface area contributed by atoms with Gasteiger partial charge in [-0.1, -0.05) is 185 Å². The third kappa shape index (κ3) is 7.20. The van der Waals surface area contributed by atoms with E-state index in [0.29, 0.717) is 5.46 Å². The van der Waals surface area contributed by atoms with Crippen LogP contribution in [0.3, 0.4) is 0 Å². The van der Waals surface area contributed by atoms with Crippen LogP contribution in [0, 0.1) is 0 Å². The molecule has 0 aromatic heterocycles. The second kappa shape index (κ2) is 15.6. The Hall–Kier alpha value is -5.20. The summed E-state index contributed by atoms with van der Waals surface area (Å²) in [7, 11) is -1.34. The van der Waals surface area contributed by atoms with Crippen LogP contribution in [0.1, 0.15) is 0 Å². The highest BCUT2D eigenvalue weighted by molar-refractivity contribution is 9.10. The maximum atomic E-state index is 8.58. The largest absolute Gasteiger partial charge is 0.488 e. The summed E-state index contributed by atoms with van der Waals surface area (Å²) in [4.78, 5) is 0. The van der Waals surface area contributed by atoms with Crippen LogP contribution in [0.2, 0.25) is 10.0 Å². The molecule has 6 heteroatoms. The zero-order valence-corrected chi connectivity index (χ0v) is 32.0. The minimum atomic E-state index is -1.34. The van der Waals surface area contributed by atoms with Gasteiger partial charge in [0.15, 0.2) is 0 Å². The summed E-state index contributed by atoms with van der Waals surface area (Å²) in [6.07, 6.45) is 0. The van der Waals surface area contributed by atoms with Crippen molar-refractivity contribution in [3.63, 3.8) is 0 Å². The van der Waals surface area contributed by atoms with Gasteiger partial charge >= 0.3 is 7.12 Å². The maximum absolute atomic E-state index is 8.58. The Balaban J connectivity index is 0.000000127. The molecule has 10 aromatic carbocycles. The van der Waals surface area contributed by atoms with Crippen molar-refractivity contribution in [3.8, 4) is 11.1 Å². The van der Waals surface area contributed by atoms with Gasteiger partial charge in [0.25, 0.3) is 0 Å². The minimum absolute atomic E-state index is 0.525. The smallest absolute Gasteiger partial charge is 0.423 e. The van der Waals surface area contributed by atoms with E-state index in [9.17, 15) is 0 Å². The fraction of sp³-hybridized carbons (Fsp3) is 0. The molecular weight excluding hydrogens is 770 g/mol. The van der Waals surface area contributed by atoms with Crippen molar-refractivity contribution in [2.75, 3.05) is 0 Å². The van der Waals surface area contributed by atoms with E-state index in [4.69, 9.17) is 33.2 Å². The molecule has 0 bridgehead atoms. The topological polar surface area (TPSA) is 40.5 Å². The highest BCUT2D eigenvalue weighted by atomic mass is 79.9. The summed E-state index contributed by atoms with van der Waals surface area (Å²) < 4.78 is 1.13. The van der Waals surface area contributed by atoms with Crippen molar-refractivity contribution in [1.29, 1.82) is 0 Å². The van der Waals surface area contributed by atoms with E-state index in [1.807, 2.05) is 30.3 Å². The molecule has 2 N–H and O–H groups in total. The van der Waals surface area contributed by atoms with Crippen molar-refractivity contribution in [2.45, 2.75) is 0 Å². The molecule has 260 valence electrons. The Labute approximate surface area is 332 Å². The van der Waals surface area contributed by atoms with Gasteiger partial charge in [0.2, 0.25) is 0 Å². The number of benzene rings is 10. The van der Waals surface area contributed by atoms with Gasteiger partial charge in [0.1, 0.15) is 0 Å². The lowest BCUT2D eigenvalue weighted by molar-refractivity contribution is 0.426. The molecule has 0 radical (unpaired) electrons. The van der Waals surface area contributed by atoms with Gasteiger partial charge in [-0.25, -0.2) is 0 Å². The Morgan fingerprint density at radius 2 is 0.833 bits per heavy atom. The van der Waals surface area contributed by atoms with Crippen molar-refractivity contribution in [3.05, 3.63) is 197 Å². The molecule has 10 aromatic rings. The summed E-state index contributed by atoms with van der Waals surface area (Å²) in [5, 5.41) is 33.7. The van der Waals surface area contributed by atoms with E-state index in [2.05, 4.69) is 143 Å². The minimum Gasteiger partial charge on any atom is -0.423 e. The second-order valence-electron chi connectivity index (χ2n) is 13.1. The molecule has 2 nitrogen and oxygen atoms in total. The summed E-state index contributed by atoms with van der Waals surface area (Å²) in [6.45, 7) is 0. The van der Waals surface area contributed by atoms with Crippen LogP contribution in [-0.2, 0) is 0 Å². The SMILES string of the molecule is Clc1ccc2c(ccc3cc(-c4ccccc4)c4ccccc4c32)c1.Clc1ccc2c(ccc3cc(Br)c4ccccc4c32)c1.OB(O)c1ccccc1. The van der Waals surface area contributed by atoms with Gasteiger partial charge in [-0.05, 0) is 118 Å². The van der Waals surface area contributed by atoms with E-state index in [0.717, 1.165) is 14.5 Å². The molecule has 0 aliphatic rings. The van der Waals surface area contributed by atoms with E-state index in [-0.39, 0.29) is 0 Å². The lowest BCUT2D eigenvalue weighted by Gasteiger charge is -2.13. The zero-order chi connectivity index (χ0) is 37.2.